The fraction of sp³-hybridized carbons (Fsp3) is 0.105. The van der Waals surface area contributed by atoms with Gasteiger partial charge in [0, 0.05) is 5.56 Å². The van der Waals surface area contributed by atoms with E-state index in [9.17, 15) is 9.59 Å². The molecule has 25 heavy (non-hydrogen) atoms. The maximum atomic E-state index is 11.6. The number of aromatic nitrogens is 2. The standard InChI is InChI=1S/C19H15N3O2S/c1-10-7-14-15(8-11(10)2)21-17(20-14)13-5-3-12(4-6-13)9-16-18(23)22-19(24)25-16/h3-9H,1-2H3,(H,20,21)(H,22,23,24)/b16-9+. The molecule has 4 rings (SSSR count). The zero-order valence-corrected chi connectivity index (χ0v) is 14.5. The summed E-state index contributed by atoms with van der Waals surface area (Å²) in [4.78, 5) is 31.2. The van der Waals surface area contributed by atoms with E-state index in [1.807, 2.05) is 24.3 Å². The van der Waals surface area contributed by atoms with Gasteiger partial charge in [0.25, 0.3) is 11.1 Å². The van der Waals surface area contributed by atoms with E-state index < -0.39 is 0 Å². The maximum Gasteiger partial charge on any atom is 0.290 e. The summed E-state index contributed by atoms with van der Waals surface area (Å²) in [6.45, 7) is 4.16. The van der Waals surface area contributed by atoms with Gasteiger partial charge in [-0.1, -0.05) is 24.3 Å². The molecule has 0 atom stereocenters. The molecule has 0 aliphatic carbocycles. The summed E-state index contributed by atoms with van der Waals surface area (Å²) in [7, 11) is 0. The highest BCUT2D eigenvalue weighted by Gasteiger charge is 2.24. The number of benzene rings is 2. The van der Waals surface area contributed by atoms with Crippen molar-refractivity contribution < 1.29 is 9.59 Å². The van der Waals surface area contributed by atoms with Gasteiger partial charge >= 0.3 is 0 Å². The Kier molecular flexibility index (Phi) is 3.69. The first-order chi connectivity index (χ1) is 12.0. The van der Waals surface area contributed by atoms with Gasteiger partial charge in [-0.15, -0.1) is 0 Å². The molecule has 1 aliphatic rings. The van der Waals surface area contributed by atoms with Crippen LogP contribution >= 0.6 is 11.8 Å². The lowest BCUT2D eigenvalue weighted by molar-refractivity contribution is -0.115. The summed E-state index contributed by atoms with van der Waals surface area (Å²) in [6, 6.07) is 11.9. The predicted octanol–water partition coefficient (Wildman–Crippen LogP) is 4.17. The molecule has 0 radical (unpaired) electrons. The zero-order valence-electron chi connectivity index (χ0n) is 13.7. The number of hydrogen-bond donors (Lipinski definition) is 2. The number of hydrogen-bond acceptors (Lipinski definition) is 4. The number of imide groups is 1. The zero-order chi connectivity index (χ0) is 17.6. The number of nitrogens with one attached hydrogen (secondary N) is 2. The SMILES string of the molecule is Cc1cc2nc(-c3ccc(/C=C4/SC(=O)NC4=O)cc3)[nH]c2cc1C. The Bertz CT molecular complexity index is 1010. The molecule has 124 valence electrons. The average molecular weight is 349 g/mol. The topological polar surface area (TPSA) is 74.8 Å². The van der Waals surface area contributed by atoms with Crippen molar-refractivity contribution in [2.75, 3.05) is 0 Å². The Morgan fingerprint density at radius 2 is 1.76 bits per heavy atom. The minimum atomic E-state index is -0.345. The fourth-order valence-electron chi connectivity index (χ4n) is 2.72. The van der Waals surface area contributed by atoms with Gasteiger partial charge in [-0.3, -0.25) is 14.9 Å². The van der Waals surface area contributed by atoms with Crippen LogP contribution in [0.5, 0.6) is 0 Å². The highest BCUT2D eigenvalue weighted by Crippen LogP contribution is 2.27. The number of aromatic amines is 1. The second-order valence-electron chi connectivity index (χ2n) is 6.01. The van der Waals surface area contributed by atoms with E-state index in [1.54, 1.807) is 6.08 Å². The van der Waals surface area contributed by atoms with Crippen molar-refractivity contribution >= 4 is 40.0 Å². The first kappa shape index (κ1) is 15.7. The van der Waals surface area contributed by atoms with Crippen molar-refractivity contribution in [2.24, 2.45) is 0 Å². The fourth-order valence-corrected chi connectivity index (χ4v) is 3.40. The Labute approximate surface area is 148 Å². The van der Waals surface area contributed by atoms with Crippen LogP contribution in [0.1, 0.15) is 16.7 Å². The van der Waals surface area contributed by atoms with E-state index >= 15 is 0 Å². The predicted molar refractivity (Wildman–Crippen MR) is 100 cm³/mol. The smallest absolute Gasteiger partial charge is 0.290 e. The second-order valence-corrected chi connectivity index (χ2v) is 7.03. The minimum Gasteiger partial charge on any atom is -0.338 e. The summed E-state index contributed by atoms with van der Waals surface area (Å²) >= 11 is 0.918. The van der Waals surface area contributed by atoms with Crippen LogP contribution in [0.2, 0.25) is 0 Å². The molecular weight excluding hydrogens is 334 g/mol. The van der Waals surface area contributed by atoms with Gasteiger partial charge in [-0.05, 0) is 60.5 Å². The van der Waals surface area contributed by atoms with Crippen LogP contribution in [0.4, 0.5) is 4.79 Å². The molecule has 2 N–H and O–H groups in total. The summed E-state index contributed by atoms with van der Waals surface area (Å²) in [6.07, 6.45) is 1.71. The van der Waals surface area contributed by atoms with Crippen molar-refractivity contribution in [1.82, 2.24) is 15.3 Å². The van der Waals surface area contributed by atoms with Crippen molar-refractivity contribution in [3.05, 3.63) is 58.0 Å². The lowest BCUT2D eigenvalue weighted by Crippen LogP contribution is -2.17. The Balaban J connectivity index is 1.65. The van der Waals surface area contributed by atoms with Crippen molar-refractivity contribution in [2.45, 2.75) is 13.8 Å². The minimum absolute atomic E-state index is 0.333. The number of imidazole rings is 1. The summed E-state index contributed by atoms with van der Waals surface area (Å²) < 4.78 is 0. The van der Waals surface area contributed by atoms with Crippen molar-refractivity contribution in [3.8, 4) is 11.4 Å². The van der Waals surface area contributed by atoms with Gasteiger partial charge < -0.3 is 4.98 Å². The Morgan fingerprint density at radius 3 is 2.44 bits per heavy atom. The molecule has 2 heterocycles. The van der Waals surface area contributed by atoms with Crippen LogP contribution in [0.3, 0.4) is 0 Å². The molecule has 1 aliphatic heterocycles. The number of aryl methyl sites for hydroxylation is 2. The molecule has 0 saturated carbocycles. The van der Waals surface area contributed by atoms with E-state index in [4.69, 9.17) is 0 Å². The molecule has 0 spiro atoms. The lowest BCUT2D eigenvalue weighted by atomic mass is 10.1. The number of thioether (sulfide) groups is 1. The molecule has 2 amide bonds. The van der Waals surface area contributed by atoms with Crippen LogP contribution in [0.15, 0.2) is 41.3 Å². The van der Waals surface area contributed by atoms with E-state index in [0.717, 1.165) is 39.7 Å². The van der Waals surface area contributed by atoms with Gasteiger partial charge in [0.15, 0.2) is 0 Å². The van der Waals surface area contributed by atoms with Crippen LogP contribution < -0.4 is 5.32 Å². The van der Waals surface area contributed by atoms with Crippen molar-refractivity contribution in [1.29, 1.82) is 0 Å². The number of carbonyl (C=O) groups is 2. The molecular formula is C19H15N3O2S. The number of nitrogens with zero attached hydrogens (tertiary/aromatic N) is 1. The summed E-state index contributed by atoms with van der Waals surface area (Å²) in [5.41, 5.74) is 6.23. The Hall–Kier alpha value is -2.86. The molecule has 2 aromatic carbocycles. The highest BCUT2D eigenvalue weighted by molar-refractivity contribution is 8.18. The molecule has 1 saturated heterocycles. The van der Waals surface area contributed by atoms with Crippen LogP contribution in [0.25, 0.3) is 28.5 Å². The van der Waals surface area contributed by atoms with Crippen molar-refractivity contribution in [3.63, 3.8) is 0 Å². The van der Waals surface area contributed by atoms with E-state index in [1.165, 1.54) is 11.1 Å². The third-order valence-corrected chi connectivity index (χ3v) is 5.03. The van der Waals surface area contributed by atoms with Crippen LogP contribution in [-0.4, -0.2) is 21.1 Å². The monoisotopic (exact) mass is 349 g/mol. The van der Waals surface area contributed by atoms with Crippen LogP contribution in [0, 0.1) is 13.8 Å². The third-order valence-electron chi connectivity index (χ3n) is 4.22. The van der Waals surface area contributed by atoms with E-state index in [2.05, 4.69) is 41.3 Å². The first-order valence-electron chi connectivity index (χ1n) is 7.82. The summed E-state index contributed by atoms with van der Waals surface area (Å²) in [5, 5.41) is 1.92. The number of carbonyl (C=O) groups excluding carboxylic acids is 2. The van der Waals surface area contributed by atoms with Gasteiger partial charge in [-0.25, -0.2) is 4.98 Å². The third kappa shape index (κ3) is 2.96. The quantitative estimate of drug-likeness (QED) is 0.681. The number of amides is 2. The van der Waals surface area contributed by atoms with Gasteiger partial charge in [-0.2, -0.15) is 0 Å². The lowest BCUT2D eigenvalue weighted by Gasteiger charge is -1.99. The van der Waals surface area contributed by atoms with Crippen LogP contribution in [-0.2, 0) is 4.79 Å². The second kappa shape index (κ2) is 5.89. The highest BCUT2D eigenvalue weighted by atomic mass is 32.2. The first-order valence-corrected chi connectivity index (χ1v) is 8.63. The molecule has 6 heteroatoms. The molecule has 5 nitrogen and oxygen atoms in total. The maximum absolute atomic E-state index is 11.6. The molecule has 0 bridgehead atoms. The van der Waals surface area contributed by atoms with Gasteiger partial charge in [0.2, 0.25) is 0 Å². The largest absolute Gasteiger partial charge is 0.338 e. The normalized spacial score (nSPS) is 16.0. The van der Waals surface area contributed by atoms with E-state index in [-0.39, 0.29) is 11.1 Å². The van der Waals surface area contributed by atoms with Gasteiger partial charge in [0.05, 0.1) is 15.9 Å². The summed E-state index contributed by atoms with van der Waals surface area (Å²) in [5.74, 6) is 0.462. The Morgan fingerprint density at radius 1 is 1.04 bits per heavy atom. The molecule has 1 aromatic heterocycles. The van der Waals surface area contributed by atoms with Gasteiger partial charge in [0.1, 0.15) is 5.82 Å². The molecule has 1 fully saturated rings. The number of H-pyrrole nitrogens is 1. The molecule has 3 aromatic rings. The molecule has 0 unspecified atom stereocenters. The van der Waals surface area contributed by atoms with E-state index in [0.29, 0.717) is 4.91 Å². The average Bonchev–Trinajstić information content (AvgIpc) is 3.11. The number of fused-ring (bicyclic) bond motifs is 1. The number of rotatable bonds is 2.